The van der Waals surface area contributed by atoms with Gasteiger partial charge in [0.25, 0.3) is 0 Å². The van der Waals surface area contributed by atoms with Gasteiger partial charge in [-0.15, -0.1) is 11.8 Å². The van der Waals surface area contributed by atoms with Crippen molar-refractivity contribution in [3.63, 3.8) is 0 Å². The topological polar surface area (TPSA) is 37.8 Å². The lowest BCUT2D eigenvalue weighted by molar-refractivity contribution is 0.563. The molecule has 2 rings (SSSR count). The molecule has 0 saturated carbocycles. The molecule has 1 aromatic heterocycles. The second kappa shape index (κ2) is 8.02. The molecule has 0 aliphatic carbocycles. The first-order valence-electron chi connectivity index (χ1n) is 6.98. The summed E-state index contributed by atoms with van der Waals surface area (Å²) in [6.07, 6.45) is 6.44. The largest absolute Gasteiger partial charge is 0.308 e. The van der Waals surface area contributed by atoms with E-state index in [1.54, 1.807) is 12.4 Å². The standard InChI is InChI=1S/C16H21N3S/c1-3-7-18-16(15-11-17-8-9-19-15)12-20-14-6-4-5-13(2)10-14/h4-6,8-11,16,18H,3,7,12H2,1-2H3. The molecule has 0 aliphatic heterocycles. The Balaban J connectivity index is 2.01. The Morgan fingerprint density at radius 3 is 2.90 bits per heavy atom. The number of hydrogen-bond donors (Lipinski definition) is 1. The maximum absolute atomic E-state index is 4.42. The number of aryl methyl sites for hydroxylation is 1. The highest BCUT2D eigenvalue weighted by molar-refractivity contribution is 7.99. The summed E-state index contributed by atoms with van der Waals surface area (Å²) in [5.41, 5.74) is 2.31. The number of thioether (sulfide) groups is 1. The summed E-state index contributed by atoms with van der Waals surface area (Å²) in [6, 6.07) is 8.85. The molecule has 106 valence electrons. The van der Waals surface area contributed by atoms with Crippen LogP contribution in [-0.2, 0) is 0 Å². The van der Waals surface area contributed by atoms with Gasteiger partial charge in [-0.3, -0.25) is 9.97 Å². The Morgan fingerprint density at radius 2 is 2.20 bits per heavy atom. The maximum Gasteiger partial charge on any atom is 0.0764 e. The highest BCUT2D eigenvalue weighted by atomic mass is 32.2. The normalized spacial score (nSPS) is 12.3. The molecule has 3 nitrogen and oxygen atoms in total. The molecule has 0 saturated heterocycles. The minimum absolute atomic E-state index is 0.245. The van der Waals surface area contributed by atoms with Crippen molar-refractivity contribution >= 4 is 11.8 Å². The fraction of sp³-hybridized carbons (Fsp3) is 0.375. The SMILES string of the molecule is CCCNC(CSc1cccc(C)c1)c1cnccn1. The summed E-state index contributed by atoms with van der Waals surface area (Å²) in [7, 11) is 0. The molecule has 0 spiro atoms. The maximum atomic E-state index is 4.42. The van der Waals surface area contributed by atoms with Crippen LogP contribution in [0.5, 0.6) is 0 Å². The molecule has 0 amide bonds. The predicted molar refractivity (Wildman–Crippen MR) is 85.0 cm³/mol. The smallest absolute Gasteiger partial charge is 0.0764 e. The first-order valence-corrected chi connectivity index (χ1v) is 7.97. The average molecular weight is 287 g/mol. The first-order chi connectivity index (χ1) is 9.79. The van der Waals surface area contributed by atoms with Gasteiger partial charge in [-0.1, -0.05) is 24.6 Å². The van der Waals surface area contributed by atoms with Gasteiger partial charge in [0.15, 0.2) is 0 Å². The summed E-state index contributed by atoms with van der Waals surface area (Å²) in [5.74, 6) is 0.960. The van der Waals surface area contributed by atoms with Crippen LogP contribution in [-0.4, -0.2) is 22.3 Å². The Bertz CT molecular complexity index is 516. The average Bonchev–Trinajstić information content (AvgIpc) is 2.48. The van der Waals surface area contributed by atoms with E-state index in [9.17, 15) is 0 Å². The molecule has 0 radical (unpaired) electrons. The van der Waals surface area contributed by atoms with E-state index in [0.29, 0.717) is 0 Å². The number of nitrogens with zero attached hydrogens (tertiary/aromatic N) is 2. The summed E-state index contributed by atoms with van der Waals surface area (Å²) in [5, 5.41) is 3.55. The van der Waals surface area contributed by atoms with E-state index in [1.807, 2.05) is 18.0 Å². The van der Waals surface area contributed by atoms with Crippen LogP contribution in [0.4, 0.5) is 0 Å². The highest BCUT2D eigenvalue weighted by Gasteiger charge is 2.12. The van der Waals surface area contributed by atoms with Crippen LogP contribution in [0.15, 0.2) is 47.8 Å². The Hall–Kier alpha value is -1.39. The molecule has 0 fully saturated rings. The lowest BCUT2D eigenvalue weighted by Crippen LogP contribution is -2.25. The summed E-state index contributed by atoms with van der Waals surface area (Å²) < 4.78 is 0. The van der Waals surface area contributed by atoms with Crippen LogP contribution >= 0.6 is 11.8 Å². The monoisotopic (exact) mass is 287 g/mol. The van der Waals surface area contributed by atoms with Crippen LogP contribution in [0.25, 0.3) is 0 Å². The van der Waals surface area contributed by atoms with Crippen LogP contribution < -0.4 is 5.32 Å². The fourth-order valence-corrected chi connectivity index (χ4v) is 3.03. The van der Waals surface area contributed by atoms with Crippen molar-refractivity contribution in [1.29, 1.82) is 0 Å². The first kappa shape index (κ1) is 15.0. The zero-order valence-corrected chi connectivity index (χ0v) is 12.9. The van der Waals surface area contributed by atoms with Gasteiger partial charge in [-0.25, -0.2) is 0 Å². The van der Waals surface area contributed by atoms with Crippen molar-refractivity contribution in [2.45, 2.75) is 31.2 Å². The number of hydrogen-bond acceptors (Lipinski definition) is 4. The van der Waals surface area contributed by atoms with Crippen LogP contribution in [0.2, 0.25) is 0 Å². The molecule has 4 heteroatoms. The minimum Gasteiger partial charge on any atom is -0.308 e. The van der Waals surface area contributed by atoms with Gasteiger partial charge in [0.1, 0.15) is 0 Å². The second-order valence-electron chi connectivity index (χ2n) is 4.76. The van der Waals surface area contributed by atoms with Crippen molar-refractivity contribution in [1.82, 2.24) is 15.3 Å². The van der Waals surface area contributed by atoms with E-state index in [1.165, 1.54) is 10.5 Å². The molecule has 1 atom stereocenters. The molecule has 2 aromatic rings. The quantitative estimate of drug-likeness (QED) is 0.789. The molecule has 1 aromatic carbocycles. The van der Waals surface area contributed by atoms with E-state index in [-0.39, 0.29) is 6.04 Å². The number of rotatable bonds is 7. The van der Waals surface area contributed by atoms with E-state index in [4.69, 9.17) is 0 Å². The molecule has 0 bridgehead atoms. The van der Waals surface area contributed by atoms with Gasteiger partial charge < -0.3 is 5.32 Å². The van der Waals surface area contributed by atoms with Gasteiger partial charge in [-0.05, 0) is 32.0 Å². The van der Waals surface area contributed by atoms with Crippen molar-refractivity contribution < 1.29 is 0 Å². The second-order valence-corrected chi connectivity index (χ2v) is 5.86. The third-order valence-electron chi connectivity index (χ3n) is 2.99. The van der Waals surface area contributed by atoms with E-state index < -0.39 is 0 Å². The number of nitrogens with one attached hydrogen (secondary N) is 1. The van der Waals surface area contributed by atoms with E-state index in [2.05, 4.69) is 53.4 Å². The fourth-order valence-electron chi connectivity index (χ4n) is 1.94. The summed E-state index contributed by atoms with van der Waals surface area (Å²) >= 11 is 1.86. The third-order valence-corrected chi connectivity index (χ3v) is 4.07. The number of benzene rings is 1. The van der Waals surface area contributed by atoms with Crippen LogP contribution in [0, 0.1) is 6.92 Å². The predicted octanol–water partition coefficient (Wildman–Crippen LogP) is 3.62. The summed E-state index contributed by atoms with van der Waals surface area (Å²) in [6.45, 7) is 5.30. The number of aromatic nitrogens is 2. The van der Waals surface area contributed by atoms with Crippen molar-refractivity contribution in [3.8, 4) is 0 Å². The van der Waals surface area contributed by atoms with Crippen LogP contribution in [0.1, 0.15) is 30.6 Å². The van der Waals surface area contributed by atoms with Gasteiger partial charge >= 0.3 is 0 Å². The van der Waals surface area contributed by atoms with Gasteiger partial charge in [0.05, 0.1) is 11.7 Å². The van der Waals surface area contributed by atoms with E-state index >= 15 is 0 Å². The van der Waals surface area contributed by atoms with Crippen molar-refractivity contribution in [2.75, 3.05) is 12.3 Å². The molecular weight excluding hydrogens is 266 g/mol. The summed E-state index contributed by atoms with van der Waals surface area (Å²) in [4.78, 5) is 9.90. The molecular formula is C16H21N3S. The molecule has 1 heterocycles. The zero-order chi connectivity index (χ0) is 14.2. The highest BCUT2D eigenvalue weighted by Crippen LogP contribution is 2.24. The Labute approximate surface area is 125 Å². The minimum atomic E-state index is 0.245. The lowest BCUT2D eigenvalue weighted by Gasteiger charge is -2.17. The van der Waals surface area contributed by atoms with Crippen molar-refractivity contribution in [2.24, 2.45) is 0 Å². The molecule has 1 unspecified atom stereocenters. The molecule has 20 heavy (non-hydrogen) atoms. The van der Waals surface area contributed by atoms with E-state index in [0.717, 1.165) is 24.4 Å². The van der Waals surface area contributed by atoms with Gasteiger partial charge in [0.2, 0.25) is 0 Å². The van der Waals surface area contributed by atoms with Crippen molar-refractivity contribution in [3.05, 3.63) is 54.1 Å². The van der Waals surface area contributed by atoms with Crippen LogP contribution in [0.3, 0.4) is 0 Å². The zero-order valence-electron chi connectivity index (χ0n) is 12.0. The molecule has 1 N–H and O–H groups in total. The Morgan fingerprint density at radius 1 is 1.30 bits per heavy atom. The van der Waals surface area contributed by atoms with Gasteiger partial charge in [-0.2, -0.15) is 0 Å². The molecule has 0 aliphatic rings. The lowest BCUT2D eigenvalue weighted by atomic mass is 10.2. The Kier molecular flexibility index (Phi) is 6.02. The third kappa shape index (κ3) is 4.62. The van der Waals surface area contributed by atoms with Gasteiger partial charge in [0, 0.05) is 29.2 Å².